The molecule has 1 aliphatic heterocycles. The number of nitrogens with zero attached hydrogens (tertiary/aromatic N) is 1. The molecule has 6 heteroatoms. The van der Waals surface area contributed by atoms with E-state index in [0.717, 1.165) is 0 Å². The molecule has 1 fully saturated rings. The zero-order valence-electron chi connectivity index (χ0n) is 12.6. The van der Waals surface area contributed by atoms with Gasteiger partial charge in [0.25, 0.3) is 0 Å². The molecule has 1 amide bonds. The van der Waals surface area contributed by atoms with E-state index in [-0.39, 0.29) is 23.6 Å². The number of hydrogen-bond acceptors (Lipinski definition) is 3. The van der Waals surface area contributed by atoms with Crippen molar-refractivity contribution in [2.24, 2.45) is 5.92 Å². The quantitative estimate of drug-likeness (QED) is 0.780. The number of amides is 1. The first-order valence-corrected chi connectivity index (χ1v) is 9.73. The molecule has 19 heavy (non-hydrogen) atoms. The molecule has 1 heterocycles. The fourth-order valence-corrected chi connectivity index (χ4v) is 3.17. The van der Waals surface area contributed by atoms with E-state index in [0.29, 0.717) is 19.6 Å². The van der Waals surface area contributed by atoms with Crippen molar-refractivity contribution in [3.05, 3.63) is 0 Å². The molecule has 1 saturated heterocycles. The highest BCUT2D eigenvalue weighted by molar-refractivity contribution is 6.74. The van der Waals surface area contributed by atoms with Crippen molar-refractivity contribution >= 4 is 14.4 Å². The minimum absolute atomic E-state index is 0.108. The second-order valence-corrected chi connectivity index (χ2v) is 11.8. The minimum atomic E-state index is -1.78. The first kappa shape index (κ1) is 16.5. The van der Waals surface area contributed by atoms with Crippen molar-refractivity contribution in [3.63, 3.8) is 0 Å². The Morgan fingerprint density at radius 1 is 1.42 bits per heavy atom. The van der Waals surface area contributed by atoms with Gasteiger partial charge in [0.05, 0.1) is 12.6 Å². The van der Waals surface area contributed by atoms with Crippen LogP contribution in [0.2, 0.25) is 18.1 Å². The van der Waals surface area contributed by atoms with Crippen molar-refractivity contribution in [1.29, 1.82) is 0 Å². The normalized spacial score (nSPS) is 24.8. The van der Waals surface area contributed by atoms with E-state index in [9.17, 15) is 9.90 Å². The Balaban J connectivity index is 2.55. The summed E-state index contributed by atoms with van der Waals surface area (Å²) in [6.07, 6.45) is -0.258. The average Bonchev–Trinajstić information content (AvgIpc) is 2.68. The Hall–Kier alpha value is -0.593. The maximum Gasteiger partial charge on any atom is 0.407 e. The number of aliphatic hydroxyl groups excluding tert-OH is 1. The van der Waals surface area contributed by atoms with Crippen LogP contribution in [0.4, 0.5) is 4.79 Å². The molecule has 0 aromatic heterocycles. The molecule has 0 spiro atoms. The Labute approximate surface area is 116 Å². The van der Waals surface area contributed by atoms with Crippen molar-refractivity contribution in [3.8, 4) is 0 Å². The van der Waals surface area contributed by atoms with Crippen LogP contribution in [0.25, 0.3) is 0 Å². The molecule has 0 bridgehead atoms. The predicted octanol–water partition coefficient (Wildman–Crippen LogP) is 2.37. The first-order valence-electron chi connectivity index (χ1n) is 6.83. The van der Waals surface area contributed by atoms with Crippen molar-refractivity contribution < 1.29 is 19.4 Å². The van der Waals surface area contributed by atoms with E-state index in [1.165, 1.54) is 4.90 Å². The molecule has 2 N–H and O–H groups in total. The molecular formula is C13H27NO4Si. The van der Waals surface area contributed by atoms with E-state index in [1.807, 2.05) is 0 Å². The predicted molar refractivity (Wildman–Crippen MR) is 76.9 cm³/mol. The SMILES string of the molecule is CC(C)(C)[Si](C)(C)OCC1C[C@@H](CO)N(C(=O)O)C1. The lowest BCUT2D eigenvalue weighted by atomic mass is 10.1. The number of likely N-dealkylation sites (tertiary alicyclic amines) is 1. The van der Waals surface area contributed by atoms with Crippen molar-refractivity contribution in [2.45, 2.75) is 51.4 Å². The minimum Gasteiger partial charge on any atom is -0.465 e. The topological polar surface area (TPSA) is 70.0 Å². The van der Waals surface area contributed by atoms with Crippen molar-refractivity contribution in [1.82, 2.24) is 4.90 Å². The highest BCUT2D eigenvalue weighted by Crippen LogP contribution is 2.37. The van der Waals surface area contributed by atoms with E-state index in [2.05, 4.69) is 33.9 Å². The summed E-state index contributed by atoms with van der Waals surface area (Å²) in [5.41, 5.74) is 0. The average molecular weight is 289 g/mol. The molecule has 2 atom stereocenters. The standard InChI is InChI=1S/C13H27NO4Si/c1-13(2,3)19(4,5)18-9-10-6-11(8-15)14(7-10)12(16)17/h10-11,15H,6-9H2,1-5H3,(H,16,17)/t10?,11-/m0/s1. The van der Waals surface area contributed by atoms with Crippen LogP contribution >= 0.6 is 0 Å². The zero-order valence-corrected chi connectivity index (χ0v) is 13.6. The van der Waals surface area contributed by atoms with Crippen molar-refractivity contribution in [2.75, 3.05) is 19.8 Å². The van der Waals surface area contributed by atoms with Gasteiger partial charge < -0.3 is 19.5 Å². The van der Waals surface area contributed by atoms with Crippen LogP contribution in [-0.4, -0.2) is 55.3 Å². The lowest BCUT2D eigenvalue weighted by molar-refractivity contribution is 0.117. The lowest BCUT2D eigenvalue weighted by Crippen LogP contribution is -2.42. The maximum absolute atomic E-state index is 11.1. The Kier molecular flexibility index (Phi) is 5.03. The van der Waals surface area contributed by atoms with Crippen LogP contribution < -0.4 is 0 Å². The summed E-state index contributed by atoms with van der Waals surface area (Å²) in [7, 11) is -1.78. The Morgan fingerprint density at radius 2 is 2.00 bits per heavy atom. The third-order valence-corrected chi connectivity index (χ3v) is 8.94. The van der Waals surface area contributed by atoms with Gasteiger partial charge in [-0.1, -0.05) is 20.8 Å². The Morgan fingerprint density at radius 3 is 2.37 bits per heavy atom. The van der Waals surface area contributed by atoms with Gasteiger partial charge in [-0.05, 0) is 24.6 Å². The molecule has 112 valence electrons. The van der Waals surface area contributed by atoms with Gasteiger partial charge in [-0.15, -0.1) is 0 Å². The molecule has 1 aliphatic rings. The molecular weight excluding hydrogens is 262 g/mol. The summed E-state index contributed by atoms with van der Waals surface area (Å²) in [6.45, 7) is 11.9. The van der Waals surface area contributed by atoms with Gasteiger partial charge in [-0.3, -0.25) is 0 Å². The van der Waals surface area contributed by atoms with Gasteiger partial charge in [0, 0.05) is 19.1 Å². The Bertz CT molecular complexity index is 327. The molecule has 0 aromatic rings. The van der Waals surface area contributed by atoms with Gasteiger partial charge in [0.1, 0.15) is 0 Å². The lowest BCUT2D eigenvalue weighted by Gasteiger charge is -2.36. The summed E-state index contributed by atoms with van der Waals surface area (Å²) in [5.74, 6) is 0.197. The van der Waals surface area contributed by atoms with E-state index in [1.54, 1.807) is 0 Å². The van der Waals surface area contributed by atoms with E-state index in [4.69, 9.17) is 9.53 Å². The zero-order chi connectivity index (χ0) is 14.8. The fraction of sp³-hybridized carbons (Fsp3) is 0.923. The summed E-state index contributed by atoms with van der Waals surface area (Å²) < 4.78 is 6.14. The molecule has 1 unspecified atom stereocenters. The highest BCUT2D eigenvalue weighted by Gasteiger charge is 2.40. The largest absolute Gasteiger partial charge is 0.465 e. The first-order chi connectivity index (χ1) is 8.58. The molecule has 0 aromatic carbocycles. The monoisotopic (exact) mass is 289 g/mol. The summed E-state index contributed by atoms with van der Waals surface area (Å²) in [5, 5.41) is 18.5. The highest BCUT2D eigenvalue weighted by atomic mass is 28.4. The van der Waals surface area contributed by atoms with Gasteiger partial charge >= 0.3 is 6.09 Å². The maximum atomic E-state index is 11.1. The number of aliphatic hydroxyl groups is 1. The number of hydrogen-bond donors (Lipinski definition) is 2. The molecule has 1 rings (SSSR count). The number of carbonyl (C=O) groups is 1. The van der Waals surface area contributed by atoms with Crippen LogP contribution in [0.3, 0.4) is 0 Å². The second-order valence-electron chi connectivity index (χ2n) is 6.94. The van der Waals surface area contributed by atoms with Gasteiger partial charge in [-0.25, -0.2) is 4.79 Å². The van der Waals surface area contributed by atoms with Crippen LogP contribution in [0.1, 0.15) is 27.2 Å². The fourth-order valence-electron chi connectivity index (χ4n) is 2.08. The third-order valence-electron chi connectivity index (χ3n) is 4.44. The molecule has 0 radical (unpaired) electrons. The molecule has 0 saturated carbocycles. The summed E-state index contributed by atoms with van der Waals surface area (Å²) in [4.78, 5) is 12.4. The van der Waals surface area contributed by atoms with Gasteiger partial charge in [0.2, 0.25) is 0 Å². The molecule has 0 aliphatic carbocycles. The summed E-state index contributed by atoms with van der Waals surface area (Å²) >= 11 is 0. The van der Waals surface area contributed by atoms with Gasteiger partial charge in [0.15, 0.2) is 8.32 Å². The van der Waals surface area contributed by atoms with E-state index >= 15 is 0 Å². The molecule has 5 nitrogen and oxygen atoms in total. The smallest absolute Gasteiger partial charge is 0.407 e. The summed E-state index contributed by atoms with van der Waals surface area (Å²) in [6, 6.07) is -0.273. The van der Waals surface area contributed by atoms with Crippen LogP contribution in [0.15, 0.2) is 0 Å². The van der Waals surface area contributed by atoms with Crippen LogP contribution in [0.5, 0.6) is 0 Å². The third kappa shape index (κ3) is 3.93. The number of carboxylic acid groups (broad SMARTS) is 1. The van der Waals surface area contributed by atoms with E-state index < -0.39 is 14.4 Å². The van der Waals surface area contributed by atoms with Crippen LogP contribution in [0, 0.1) is 5.92 Å². The van der Waals surface area contributed by atoms with Crippen LogP contribution in [-0.2, 0) is 4.43 Å². The second kappa shape index (κ2) is 5.81. The van der Waals surface area contributed by atoms with Gasteiger partial charge in [-0.2, -0.15) is 0 Å². The number of rotatable bonds is 4.